The first-order valence-electron chi connectivity index (χ1n) is 7.74. The van der Waals surface area contributed by atoms with E-state index in [2.05, 4.69) is 10.3 Å². The quantitative estimate of drug-likeness (QED) is 0.874. The number of aromatic nitrogens is 3. The van der Waals surface area contributed by atoms with Gasteiger partial charge < -0.3 is 9.42 Å². The fraction of sp³-hybridized carbons (Fsp3) is 0.562. The molecule has 0 radical (unpaired) electrons. The van der Waals surface area contributed by atoms with Gasteiger partial charge in [0.05, 0.1) is 17.4 Å². The molecule has 3 heterocycles. The van der Waals surface area contributed by atoms with E-state index < -0.39 is 0 Å². The van der Waals surface area contributed by atoms with E-state index >= 15 is 0 Å². The lowest BCUT2D eigenvalue weighted by molar-refractivity contribution is -0.136. The first kappa shape index (κ1) is 14.8. The second kappa shape index (κ2) is 5.59. The third-order valence-corrected chi connectivity index (χ3v) is 4.28. The molecule has 0 bridgehead atoms. The number of aryl methyl sites for hydroxylation is 3. The van der Waals surface area contributed by atoms with Gasteiger partial charge in [-0.1, -0.05) is 5.16 Å². The van der Waals surface area contributed by atoms with Gasteiger partial charge in [0.15, 0.2) is 5.76 Å². The summed E-state index contributed by atoms with van der Waals surface area (Å²) in [7, 11) is 0. The van der Waals surface area contributed by atoms with Gasteiger partial charge in [-0.2, -0.15) is 5.10 Å². The summed E-state index contributed by atoms with van der Waals surface area (Å²) in [5.41, 5.74) is 2.78. The molecule has 1 amide bonds. The number of carbonyl (C=O) groups excluding carboxylic acids is 1. The van der Waals surface area contributed by atoms with Crippen molar-refractivity contribution in [1.29, 1.82) is 0 Å². The summed E-state index contributed by atoms with van der Waals surface area (Å²) in [5, 5.41) is 8.38. The summed E-state index contributed by atoms with van der Waals surface area (Å²) in [5.74, 6) is 0.867. The molecule has 118 valence electrons. The van der Waals surface area contributed by atoms with Crippen LogP contribution in [0.25, 0.3) is 0 Å². The lowest BCUT2D eigenvalue weighted by atomic mass is 10.1. The summed E-state index contributed by atoms with van der Waals surface area (Å²) in [4.78, 5) is 14.8. The minimum atomic E-state index is -0.307. The Morgan fingerprint density at radius 3 is 2.68 bits per heavy atom. The van der Waals surface area contributed by atoms with Crippen LogP contribution in [-0.4, -0.2) is 32.3 Å². The summed E-state index contributed by atoms with van der Waals surface area (Å²) in [6.07, 6.45) is 1.91. The summed E-state index contributed by atoms with van der Waals surface area (Å²) in [6, 6.07) is 3.60. The minimum Gasteiger partial charge on any atom is -0.359 e. The molecule has 1 aliphatic rings. The van der Waals surface area contributed by atoms with Crippen molar-refractivity contribution in [2.45, 2.75) is 52.6 Å². The second-order valence-corrected chi connectivity index (χ2v) is 6.11. The largest absolute Gasteiger partial charge is 0.359 e. The van der Waals surface area contributed by atoms with Crippen LogP contribution < -0.4 is 0 Å². The van der Waals surface area contributed by atoms with Crippen LogP contribution in [-0.2, 0) is 4.79 Å². The maximum atomic E-state index is 12.9. The average Bonchev–Trinajstić information content (AvgIpc) is 3.17. The van der Waals surface area contributed by atoms with E-state index in [1.165, 1.54) is 0 Å². The normalized spacial score (nSPS) is 19.6. The Morgan fingerprint density at radius 1 is 1.32 bits per heavy atom. The van der Waals surface area contributed by atoms with Gasteiger partial charge in [-0.3, -0.25) is 9.48 Å². The molecule has 0 aromatic carbocycles. The highest BCUT2D eigenvalue weighted by Crippen LogP contribution is 2.34. The predicted molar refractivity (Wildman–Crippen MR) is 81.3 cm³/mol. The molecule has 2 aromatic rings. The highest BCUT2D eigenvalue weighted by Gasteiger charge is 2.35. The maximum absolute atomic E-state index is 12.9. The lowest BCUT2D eigenvalue weighted by Gasteiger charge is -2.26. The zero-order valence-corrected chi connectivity index (χ0v) is 13.5. The number of rotatable bonds is 3. The highest BCUT2D eigenvalue weighted by atomic mass is 16.5. The molecule has 1 saturated heterocycles. The van der Waals surface area contributed by atoms with E-state index in [1.807, 2.05) is 44.7 Å². The van der Waals surface area contributed by atoms with Crippen molar-refractivity contribution in [3.8, 4) is 0 Å². The first-order valence-corrected chi connectivity index (χ1v) is 7.74. The molecule has 3 rings (SSSR count). The van der Waals surface area contributed by atoms with Gasteiger partial charge >= 0.3 is 0 Å². The van der Waals surface area contributed by atoms with E-state index in [0.717, 1.165) is 42.2 Å². The van der Waals surface area contributed by atoms with E-state index in [0.29, 0.717) is 0 Å². The van der Waals surface area contributed by atoms with Crippen LogP contribution in [0.15, 0.2) is 16.7 Å². The smallest absolute Gasteiger partial charge is 0.247 e. The molecule has 6 heteroatoms. The van der Waals surface area contributed by atoms with E-state index in [-0.39, 0.29) is 18.0 Å². The number of nitrogens with zero attached hydrogens (tertiary/aromatic N) is 4. The topological polar surface area (TPSA) is 64.2 Å². The van der Waals surface area contributed by atoms with Crippen molar-refractivity contribution in [1.82, 2.24) is 19.8 Å². The third-order valence-electron chi connectivity index (χ3n) is 4.28. The summed E-state index contributed by atoms with van der Waals surface area (Å²) in [6.45, 7) is 8.48. The van der Waals surface area contributed by atoms with E-state index in [9.17, 15) is 4.79 Å². The Bertz CT molecular complexity index is 688. The van der Waals surface area contributed by atoms with Crippen LogP contribution in [0.2, 0.25) is 0 Å². The van der Waals surface area contributed by atoms with Crippen LogP contribution in [0.3, 0.4) is 0 Å². The fourth-order valence-electron chi connectivity index (χ4n) is 3.25. The van der Waals surface area contributed by atoms with Crippen LogP contribution in [0.5, 0.6) is 0 Å². The molecule has 6 nitrogen and oxygen atoms in total. The molecule has 0 spiro atoms. The zero-order chi connectivity index (χ0) is 15.9. The molecular formula is C16H22N4O2. The number of likely N-dealkylation sites (tertiary alicyclic amines) is 1. The summed E-state index contributed by atoms with van der Waals surface area (Å²) < 4.78 is 7.18. The SMILES string of the molecule is Cc1cc([C@@H]2CCCN2C(=O)[C@H](C)n2nc(C)cc2C)on1. The Balaban J connectivity index is 1.83. The zero-order valence-electron chi connectivity index (χ0n) is 13.5. The van der Waals surface area contributed by atoms with E-state index in [1.54, 1.807) is 4.68 Å². The van der Waals surface area contributed by atoms with Crippen LogP contribution in [0.4, 0.5) is 0 Å². The number of hydrogen-bond acceptors (Lipinski definition) is 4. The Morgan fingerprint density at radius 2 is 2.09 bits per heavy atom. The van der Waals surface area contributed by atoms with Crippen molar-refractivity contribution in [2.75, 3.05) is 6.54 Å². The molecule has 0 aliphatic carbocycles. The van der Waals surface area contributed by atoms with Gasteiger partial charge in [-0.05, 0) is 46.6 Å². The molecular weight excluding hydrogens is 280 g/mol. The monoisotopic (exact) mass is 302 g/mol. The fourth-order valence-corrected chi connectivity index (χ4v) is 3.25. The third kappa shape index (κ3) is 2.53. The average molecular weight is 302 g/mol. The molecule has 1 fully saturated rings. The molecule has 1 aliphatic heterocycles. The Kier molecular flexibility index (Phi) is 3.76. The molecule has 22 heavy (non-hydrogen) atoms. The number of hydrogen-bond donors (Lipinski definition) is 0. The second-order valence-electron chi connectivity index (χ2n) is 6.11. The molecule has 0 N–H and O–H groups in total. The Hall–Kier alpha value is -2.11. The minimum absolute atomic E-state index is 0.00637. The molecule has 2 aromatic heterocycles. The molecule has 0 unspecified atom stereocenters. The van der Waals surface area contributed by atoms with Gasteiger partial charge in [0.2, 0.25) is 5.91 Å². The van der Waals surface area contributed by atoms with Crippen LogP contribution >= 0.6 is 0 Å². The highest BCUT2D eigenvalue weighted by molar-refractivity contribution is 5.80. The maximum Gasteiger partial charge on any atom is 0.247 e. The van der Waals surface area contributed by atoms with Crippen LogP contribution in [0, 0.1) is 20.8 Å². The van der Waals surface area contributed by atoms with Crippen molar-refractivity contribution in [3.63, 3.8) is 0 Å². The van der Waals surface area contributed by atoms with Crippen LogP contribution in [0.1, 0.15) is 54.7 Å². The van der Waals surface area contributed by atoms with Crippen molar-refractivity contribution < 1.29 is 9.32 Å². The van der Waals surface area contributed by atoms with Gasteiger partial charge in [-0.15, -0.1) is 0 Å². The van der Waals surface area contributed by atoms with Gasteiger partial charge in [0.1, 0.15) is 6.04 Å². The summed E-state index contributed by atoms with van der Waals surface area (Å²) >= 11 is 0. The van der Waals surface area contributed by atoms with Gasteiger partial charge in [0, 0.05) is 18.3 Å². The van der Waals surface area contributed by atoms with Crippen molar-refractivity contribution in [2.24, 2.45) is 0 Å². The molecule has 0 saturated carbocycles. The van der Waals surface area contributed by atoms with E-state index in [4.69, 9.17) is 4.52 Å². The number of carbonyl (C=O) groups is 1. The van der Waals surface area contributed by atoms with Gasteiger partial charge in [-0.25, -0.2) is 0 Å². The molecule has 2 atom stereocenters. The number of amides is 1. The first-order chi connectivity index (χ1) is 10.5. The van der Waals surface area contributed by atoms with Crippen molar-refractivity contribution in [3.05, 3.63) is 35.0 Å². The lowest BCUT2D eigenvalue weighted by Crippen LogP contribution is -2.36. The van der Waals surface area contributed by atoms with Gasteiger partial charge in [0.25, 0.3) is 0 Å². The predicted octanol–water partition coefficient (Wildman–Crippen LogP) is 2.72. The standard InChI is InChI=1S/C16H22N4O2/c1-10-8-12(3)20(17-10)13(4)16(21)19-7-5-6-14(19)15-9-11(2)18-22-15/h8-9,13-14H,5-7H2,1-4H3/t13-,14-/m0/s1. The van der Waals surface area contributed by atoms with Crippen molar-refractivity contribution >= 4 is 5.91 Å². The Labute approximate surface area is 130 Å².